The van der Waals surface area contributed by atoms with E-state index < -0.39 is 36.3 Å². The van der Waals surface area contributed by atoms with Crippen molar-refractivity contribution < 1.29 is 27.2 Å². The second kappa shape index (κ2) is 5.71. The van der Waals surface area contributed by atoms with Gasteiger partial charge < -0.3 is 10.2 Å². The third kappa shape index (κ3) is 3.93. The fraction of sp³-hybridized carbons (Fsp3) is 0.385. The summed E-state index contributed by atoms with van der Waals surface area (Å²) in [6, 6.07) is 5.42. The van der Waals surface area contributed by atoms with Gasteiger partial charge >= 0.3 is 6.18 Å². The van der Waals surface area contributed by atoms with Crippen LogP contribution in [0.2, 0.25) is 0 Å². The molecule has 2 amide bonds. The van der Waals surface area contributed by atoms with Crippen LogP contribution in [0, 0.1) is 11.7 Å². The fourth-order valence-corrected chi connectivity index (χ4v) is 2.11. The van der Waals surface area contributed by atoms with E-state index in [1.54, 1.807) is 0 Å². The Morgan fingerprint density at radius 2 is 2.00 bits per heavy atom. The van der Waals surface area contributed by atoms with Crippen molar-refractivity contribution in [2.45, 2.75) is 12.6 Å². The Morgan fingerprint density at radius 3 is 2.62 bits per heavy atom. The molecule has 1 aromatic rings. The summed E-state index contributed by atoms with van der Waals surface area (Å²) in [5.74, 6) is -2.97. The zero-order valence-corrected chi connectivity index (χ0v) is 10.8. The standard InChI is InChI=1S/C13H12F4N2O2/c14-9-3-1-2-4-10(9)18-12(21)8-5-11(20)19(6-8)7-13(15,16)17/h1-4,8H,5-7H2,(H,18,21)/t8-/m0/s1. The molecular formula is C13H12F4N2O2. The lowest BCUT2D eigenvalue weighted by Crippen LogP contribution is -2.36. The van der Waals surface area contributed by atoms with Gasteiger partial charge in [0.15, 0.2) is 0 Å². The minimum absolute atomic E-state index is 0.0655. The lowest BCUT2D eigenvalue weighted by Gasteiger charge is -2.18. The molecular weight excluding hydrogens is 292 g/mol. The third-order valence-corrected chi connectivity index (χ3v) is 3.09. The number of alkyl halides is 3. The molecule has 1 heterocycles. The van der Waals surface area contributed by atoms with Crippen LogP contribution < -0.4 is 5.32 Å². The number of para-hydroxylation sites is 1. The van der Waals surface area contributed by atoms with Crippen LogP contribution >= 0.6 is 0 Å². The highest BCUT2D eigenvalue weighted by Gasteiger charge is 2.40. The maximum absolute atomic E-state index is 13.4. The number of carbonyl (C=O) groups is 2. The number of nitrogens with one attached hydrogen (secondary N) is 1. The molecule has 0 unspecified atom stereocenters. The zero-order valence-electron chi connectivity index (χ0n) is 10.8. The van der Waals surface area contributed by atoms with E-state index in [2.05, 4.69) is 5.32 Å². The monoisotopic (exact) mass is 304 g/mol. The van der Waals surface area contributed by atoms with Gasteiger partial charge in [-0.15, -0.1) is 0 Å². The maximum atomic E-state index is 13.4. The molecule has 0 aromatic heterocycles. The number of hydrogen-bond acceptors (Lipinski definition) is 2. The molecule has 0 spiro atoms. The Labute approximate surface area is 117 Å². The highest BCUT2D eigenvalue weighted by molar-refractivity contribution is 5.97. The van der Waals surface area contributed by atoms with Gasteiger partial charge in [0.25, 0.3) is 0 Å². The van der Waals surface area contributed by atoms with E-state index in [9.17, 15) is 27.2 Å². The number of nitrogens with zero attached hydrogens (tertiary/aromatic N) is 1. The number of halogens is 4. The summed E-state index contributed by atoms with van der Waals surface area (Å²) in [5, 5.41) is 2.28. The molecule has 0 bridgehead atoms. The summed E-state index contributed by atoms with van der Waals surface area (Å²) < 4.78 is 50.2. The Balaban J connectivity index is 1.99. The minimum atomic E-state index is -4.51. The van der Waals surface area contributed by atoms with Crippen molar-refractivity contribution in [3.63, 3.8) is 0 Å². The predicted octanol–water partition coefficient (Wildman–Crippen LogP) is 2.17. The second-order valence-electron chi connectivity index (χ2n) is 4.76. The second-order valence-corrected chi connectivity index (χ2v) is 4.76. The van der Waals surface area contributed by atoms with Gasteiger partial charge in [0.2, 0.25) is 11.8 Å². The third-order valence-electron chi connectivity index (χ3n) is 3.09. The lowest BCUT2D eigenvalue weighted by atomic mass is 10.1. The molecule has 4 nitrogen and oxygen atoms in total. The van der Waals surface area contributed by atoms with Crippen molar-refractivity contribution in [2.75, 3.05) is 18.4 Å². The molecule has 114 valence electrons. The van der Waals surface area contributed by atoms with Gasteiger partial charge in [-0.1, -0.05) is 12.1 Å². The summed E-state index contributed by atoms with van der Waals surface area (Å²) in [7, 11) is 0. The molecule has 0 saturated carbocycles. The Hall–Kier alpha value is -2.12. The van der Waals surface area contributed by atoms with Gasteiger partial charge in [0.1, 0.15) is 12.4 Å². The largest absolute Gasteiger partial charge is 0.406 e. The number of carbonyl (C=O) groups excluding carboxylic acids is 2. The van der Waals surface area contributed by atoms with Gasteiger partial charge in [0, 0.05) is 13.0 Å². The zero-order chi connectivity index (χ0) is 15.6. The van der Waals surface area contributed by atoms with Gasteiger partial charge in [0.05, 0.1) is 11.6 Å². The van der Waals surface area contributed by atoms with Gasteiger partial charge in [-0.05, 0) is 12.1 Å². The average molecular weight is 304 g/mol. The first-order chi connectivity index (χ1) is 9.76. The molecule has 1 atom stereocenters. The fourth-order valence-electron chi connectivity index (χ4n) is 2.11. The molecule has 0 radical (unpaired) electrons. The van der Waals surface area contributed by atoms with Crippen LogP contribution in [0.1, 0.15) is 6.42 Å². The highest BCUT2D eigenvalue weighted by Crippen LogP contribution is 2.25. The molecule has 1 fully saturated rings. The molecule has 1 aliphatic heterocycles. The Morgan fingerprint density at radius 1 is 1.33 bits per heavy atom. The van der Waals surface area contributed by atoms with Crippen molar-refractivity contribution in [1.29, 1.82) is 0 Å². The van der Waals surface area contributed by atoms with Gasteiger partial charge in [-0.3, -0.25) is 9.59 Å². The van der Waals surface area contributed by atoms with Crippen molar-refractivity contribution in [1.82, 2.24) is 4.90 Å². The Kier molecular flexibility index (Phi) is 4.15. The molecule has 1 saturated heterocycles. The van der Waals surface area contributed by atoms with Crippen LogP contribution in [-0.2, 0) is 9.59 Å². The molecule has 8 heteroatoms. The van der Waals surface area contributed by atoms with Crippen molar-refractivity contribution in [3.8, 4) is 0 Å². The normalized spacial score (nSPS) is 19.0. The maximum Gasteiger partial charge on any atom is 0.406 e. The summed E-state index contributed by atoms with van der Waals surface area (Å²) in [4.78, 5) is 23.9. The van der Waals surface area contributed by atoms with Crippen LogP contribution in [-0.4, -0.2) is 36.0 Å². The van der Waals surface area contributed by atoms with Gasteiger partial charge in [-0.2, -0.15) is 13.2 Å². The van der Waals surface area contributed by atoms with Crippen molar-refractivity contribution >= 4 is 17.5 Å². The quantitative estimate of drug-likeness (QED) is 0.870. The number of rotatable bonds is 3. The van der Waals surface area contributed by atoms with E-state index in [-0.39, 0.29) is 18.7 Å². The molecule has 2 rings (SSSR count). The summed E-state index contributed by atoms with van der Waals surface area (Å²) in [6.07, 6.45) is -4.82. The summed E-state index contributed by atoms with van der Waals surface area (Å²) >= 11 is 0. The number of hydrogen-bond donors (Lipinski definition) is 1. The Bertz CT molecular complexity index is 559. The van der Waals surface area contributed by atoms with Crippen molar-refractivity contribution in [3.05, 3.63) is 30.1 Å². The predicted molar refractivity (Wildman–Crippen MR) is 65.8 cm³/mol. The number of amides is 2. The van der Waals surface area contributed by atoms with E-state index >= 15 is 0 Å². The summed E-state index contributed by atoms with van der Waals surface area (Å²) in [5.41, 5.74) is -0.0655. The molecule has 1 aliphatic rings. The average Bonchev–Trinajstić information content (AvgIpc) is 2.72. The van der Waals surface area contributed by atoms with Gasteiger partial charge in [-0.25, -0.2) is 4.39 Å². The van der Waals surface area contributed by atoms with E-state index in [1.165, 1.54) is 18.2 Å². The first-order valence-electron chi connectivity index (χ1n) is 6.16. The van der Waals surface area contributed by atoms with E-state index in [4.69, 9.17) is 0 Å². The van der Waals surface area contributed by atoms with E-state index in [1.807, 2.05) is 0 Å². The van der Waals surface area contributed by atoms with Crippen LogP contribution in [0.25, 0.3) is 0 Å². The number of likely N-dealkylation sites (tertiary alicyclic amines) is 1. The highest BCUT2D eigenvalue weighted by atomic mass is 19.4. The van der Waals surface area contributed by atoms with E-state index in [0.717, 1.165) is 6.07 Å². The molecule has 21 heavy (non-hydrogen) atoms. The van der Waals surface area contributed by atoms with Crippen LogP contribution in [0.15, 0.2) is 24.3 Å². The smallest absolute Gasteiger partial charge is 0.333 e. The SMILES string of the molecule is O=C(Nc1ccccc1F)[C@H]1CC(=O)N(CC(F)(F)F)C1. The van der Waals surface area contributed by atoms with E-state index in [0.29, 0.717) is 4.90 Å². The number of benzene rings is 1. The number of anilines is 1. The van der Waals surface area contributed by atoms with Crippen LogP contribution in [0.4, 0.5) is 23.2 Å². The molecule has 1 N–H and O–H groups in total. The summed E-state index contributed by atoms with van der Waals surface area (Å²) in [6.45, 7) is -1.70. The van der Waals surface area contributed by atoms with Crippen LogP contribution in [0.5, 0.6) is 0 Å². The molecule has 0 aliphatic carbocycles. The molecule has 1 aromatic carbocycles. The topological polar surface area (TPSA) is 49.4 Å². The lowest BCUT2D eigenvalue weighted by molar-refractivity contribution is -0.157. The van der Waals surface area contributed by atoms with Crippen molar-refractivity contribution in [2.24, 2.45) is 5.92 Å². The first kappa shape index (κ1) is 15.3. The minimum Gasteiger partial charge on any atom is -0.333 e. The van der Waals surface area contributed by atoms with Crippen LogP contribution in [0.3, 0.4) is 0 Å². The first-order valence-corrected chi connectivity index (χ1v) is 6.16.